The van der Waals surface area contributed by atoms with E-state index >= 15 is 0 Å². The van der Waals surface area contributed by atoms with Crippen molar-refractivity contribution in [3.63, 3.8) is 0 Å². The lowest BCUT2D eigenvalue weighted by atomic mass is 9.92. The van der Waals surface area contributed by atoms with Gasteiger partial charge in [0.25, 0.3) is 5.91 Å². The fourth-order valence-corrected chi connectivity index (χ4v) is 5.21. The average molecular weight is 537 g/mol. The molecule has 0 aliphatic carbocycles. The third-order valence-corrected chi connectivity index (χ3v) is 6.89. The van der Waals surface area contributed by atoms with E-state index in [0.717, 1.165) is 36.8 Å². The number of hydrogen-bond acceptors (Lipinski definition) is 6. The molecule has 3 aromatic rings. The molecule has 0 bridgehead atoms. The molecule has 2 aromatic carbocycles. The maximum absolute atomic E-state index is 11.9. The summed E-state index contributed by atoms with van der Waals surface area (Å²) < 4.78 is 6.23. The minimum Gasteiger partial charge on any atom is -0.422 e. The molecule has 1 aliphatic rings. The topological polar surface area (TPSA) is 98.4 Å². The average Bonchev–Trinajstić information content (AvgIpc) is 2.82. The van der Waals surface area contributed by atoms with Crippen molar-refractivity contribution >= 4 is 33.5 Å². The highest BCUT2D eigenvalue weighted by Gasteiger charge is 2.24. The van der Waals surface area contributed by atoms with Crippen molar-refractivity contribution in [3.8, 4) is 5.75 Å². The molecule has 1 amide bonds. The van der Waals surface area contributed by atoms with Crippen LogP contribution in [0, 0.1) is 12.8 Å². The number of anilines is 1. The third-order valence-electron chi connectivity index (χ3n) is 6.25. The van der Waals surface area contributed by atoms with Gasteiger partial charge < -0.3 is 15.4 Å². The monoisotopic (exact) mass is 536 g/mol. The molecule has 1 aromatic heterocycles. The molecule has 0 saturated carbocycles. The van der Waals surface area contributed by atoms with Gasteiger partial charge in [0.15, 0.2) is 11.4 Å². The summed E-state index contributed by atoms with van der Waals surface area (Å²) in [6.07, 6.45) is 3.52. The van der Waals surface area contributed by atoms with E-state index in [0.29, 0.717) is 23.9 Å². The van der Waals surface area contributed by atoms with Crippen LogP contribution in [0.15, 0.2) is 53.0 Å². The van der Waals surface area contributed by atoms with Gasteiger partial charge in [0.1, 0.15) is 5.82 Å². The lowest BCUT2D eigenvalue weighted by Gasteiger charge is -2.34. The second kappa shape index (κ2) is 11.0. The Labute approximate surface area is 213 Å². The van der Waals surface area contributed by atoms with E-state index in [9.17, 15) is 9.59 Å². The molecular weight excluding hydrogens is 508 g/mol. The van der Waals surface area contributed by atoms with Crippen LogP contribution >= 0.6 is 15.9 Å². The standard InChI is InChI=1S/C27H29BrN4O3/c1-17-26(35-18(2)33)25(27(29)34)31-24(30-17)16-20-10-12-32(13-11-20)23-9-8-21(15-22(23)28)14-19-6-4-3-5-7-19/h3-9,15,20H,10-14,16H2,1-2H3,(H2,29,34). The van der Waals surface area contributed by atoms with Gasteiger partial charge >= 0.3 is 5.97 Å². The van der Waals surface area contributed by atoms with Crippen LogP contribution in [0.2, 0.25) is 0 Å². The zero-order valence-corrected chi connectivity index (χ0v) is 21.5. The predicted molar refractivity (Wildman–Crippen MR) is 139 cm³/mol. The van der Waals surface area contributed by atoms with Crippen molar-refractivity contribution in [1.29, 1.82) is 0 Å². The highest BCUT2D eigenvalue weighted by atomic mass is 79.9. The second-order valence-corrected chi connectivity index (χ2v) is 9.80. The maximum atomic E-state index is 11.9. The number of carbonyl (C=O) groups excluding carboxylic acids is 2. The molecule has 1 fully saturated rings. The normalized spacial score (nSPS) is 14.1. The minimum absolute atomic E-state index is 0.0420. The number of aryl methyl sites for hydroxylation is 1. The number of nitrogens with two attached hydrogens (primary N) is 1. The van der Waals surface area contributed by atoms with Crippen LogP contribution in [0.25, 0.3) is 0 Å². The number of hydrogen-bond donors (Lipinski definition) is 1. The number of carbonyl (C=O) groups is 2. The number of nitrogens with zero attached hydrogens (tertiary/aromatic N) is 3. The SMILES string of the molecule is CC(=O)Oc1c(C)nc(CC2CCN(c3ccc(Cc4ccccc4)cc3Br)CC2)nc1C(N)=O. The summed E-state index contributed by atoms with van der Waals surface area (Å²) in [6, 6.07) is 17.1. The lowest BCUT2D eigenvalue weighted by Crippen LogP contribution is -2.34. The Bertz CT molecular complexity index is 1220. The van der Waals surface area contributed by atoms with Crippen LogP contribution < -0.4 is 15.4 Å². The first kappa shape index (κ1) is 24.9. The second-order valence-electron chi connectivity index (χ2n) is 8.94. The fourth-order valence-electron chi connectivity index (χ4n) is 4.53. The Hall–Kier alpha value is -3.26. The highest BCUT2D eigenvalue weighted by Crippen LogP contribution is 2.32. The molecule has 0 spiro atoms. The lowest BCUT2D eigenvalue weighted by molar-refractivity contribution is -0.132. The van der Waals surface area contributed by atoms with E-state index in [-0.39, 0.29) is 11.4 Å². The summed E-state index contributed by atoms with van der Waals surface area (Å²) in [5, 5.41) is 0. The van der Waals surface area contributed by atoms with Crippen LogP contribution in [-0.4, -0.2) is 34.9 Å². The smallest absolute Gasteiger partial charge is 0.308 e. The summed E-state index contributed by atoms with van der Waals surface area (Å²) in [4.78, 5) is 34.5. The van der Waals surface area contributed by atoms with E-state index in [1.54, 1.807) is 6.92 Å². The van der Waals surface area contributed by atoms with Crippen molar-refractivity contribution in [2.24, 2.45) is 11.7 Å². The number of aromatic nitrogens is 2. The van der Waals surface area contributed by atoms with Gasteiger partial charge in [-0.2, -0.15) is 0 Å². The van der Waals surface area contributed by atoms with Crippen LogP contribution in [0.5, 0.6) is 5.75 Å². The van der Waals surface area contributed by atoms with Gasteiger partial charge in [-0.3, -0.25) is 9.59 Å². The van der Waals surface area contributed by atoms with Gasteiger partial charge in [-0.1, -0.05) is 36.4 Å². The van der Waals surface area contributed by atoms with Crippen molar-refractivity contribution in [2.75, 3.05) is 18.0 Å². The number of piperidine rings is 1. The molecule has 0 unspecified atom stereocenters. The molecule has 0 atom stereocenters. The zero-order valence-electron chi connectivity index (χ0n) is 20.0. The molecule has 2 N–H and O–H groups in total. The van der Waals surface area contributed by atoms with E-state index in [1.807, 2.05) is 6.07 Å². The number of rotatable bonds is 7. The number of halogens is 1. The van der Waals surface area contributed by atoms with Gasteiger partial charge in [0, 0.05) is 30.9 Å². The number of primary amides is 1. The fraction of sp³-hybridized carbons (Fsp3) is 0.333. The Morgan fingerprint density at radius 2 is 1.80 bits per heavy atom. The summed E-state index contributed by atoms with van der Waals surface area (Å²) in [6.45, 7) is 4.81. The van der Waals surface area contributed by atoms with Gasteiger partial charge in [-0.05, 0) is 71.3 Å². The third kappa shape index (κ3) is 6.25. The zero-order chi connectivity index (χ0) is 24.9. The molecule has 182 valence electrons. The first-order chi connectivity index (χ1) is 16.8. The van der Waals surface area contributed by atoms with E-state index < -0.39 is 11.9 Å². The van der Waals surface area contributed by atoms with E-state index in [4.69, 9.17) is 10.5 Å². The first-order valence-corrected chi connectivity index (χ1v) is 12.5. The summed E-state index contributed by atoms with van der Waals surface area (Å²) >= 11 is 3.78. The maximum Gasteiger partial charge on any atom is 0.308 e. The molecule has 2 heterocycles. The highest BCUT2D eigenvalue weighted by molar-refractivity contribution is 9.10. The van der Waals surface area contributed by atoms with E-state index in [1.165, 1.54) is 23.7 Å². The van der Waals surface area contributed by atoms with Crippen molar-refractivity contribution in [3.05, 3.63) is 81.3 Å². The quantitative estimate of drug-likeness (QED) is 0.442. The number of esters is 1. The number of benzene rings is 2. The number of amides is 1. The van der Waals surface area contributed by atoms with Gasteiger partial charge in [0.2, 0.25) is 0 Å². The molecule has 0 radical (unpaired) electrons. The van der Waals surface area contributed by atoms with Crippen molar-refractivity contribution in [1.82, 2.24) is 9.97 Å². The van der Waals surface area contributed by atoms with Crippen LogP contribution in [0.1, 0.15) is 52.9 Å². The molecule has 7 nitrogen and oxygen atoms in total. The van der Waals surface area contributed by atoms with Crippen LogP contribution in [-0.2, 0) is 17.6 Å². The van der Waals surface area contributed by atoms with E-state index in [2.05, 4.69) is 73.3 Å². The van der Waals surface area contributed by atoms with Crippen LogP contribution in [0.4, 0.5) is 5.69 Å². The molecule has 1 aliphatic heterocycles. The molecule has 35 heavy (non-hydrogen) atoms. The number of ether oxygens (including phenoxy) is 1. The summed E-state index contributed by atoms with van der Waals surface area (Å²) in [5.74, 6) is -0.287. The molecule has 4 rings (SSSR count). The van der Waals surface area contributed by atoms with Gasteiger partial charge in [0.05, 0.1) is 11.4 Å². The van der Waals surface area contributed by atoms with Crippen molar-refractivity contribution in [2.45, 2.75) is 39.5 Å². The van der Waals surface area contributed by atoms with Crippen molar-refractivity contribution < 1.29 is 14.3 Å². The van der Waals surface area contributed by atoms with Crippen LogP contribution in [0.3, 0.4) is 0 Å². The minimum atomic E-state index is -0.733. The summed E-state index contributed by atoms with van der Waals surface area (Å²) in [7, 11) is 0. The largest absolute Gasteiger partial charge is 0.422 e. The van der Waals surface area contributed by atoms with Gasteiger partial charge in [-0.15, -0.1) is 0 Å². The Morgan fingerprint density at radius 3 is 2.43 bits per heavy atom. The molecule has 1 saturated heterocycles. The first-order valence-electron chi connectivity index (χ1n) is 11.7. The Morgan fingerprint density at radius 1 is 1.09 bits per heavy atom. The Kier molecular flexibility index (Phi) is 7.80. The summed E-state index contributed by atoms with van der Waals surface area (Å²) in [5.41, 5.74) is 9.65. The Balaban J connectivity index is 1.39. The van der Waals surface area contributed by atoms with Gasteiger partial charge in [-0.25, -0.2) is 9.97 Å². The molecular formula is C27H29BrN4O3. The predicted octanol–water partition coefficient (Wildman–Crippen LogP) is 4.62. The molecule has 8 heteroatoms.